The van der Waals surface area contributed by atoms with Crippen molar-refractivity contribution >= 4 is 21.8 Å². The fourth-order valence-electron chi connectivity index (χ4n) is 2.85. The van der Waals surface area contributed by atoms with E-state index in [2.05, 4.69) is 21.2 Å². The van der Waals surface area contributed by atoms with E-state index in [1.807, 2.05) is 26.0 Å². The van der Waals surface area contributed by atoms with Crippen molar-refractivity contribution in [2.24, 2.45) is 0 Å². The van der Waals surface area contributed by atoms with E-state index in [4.69, 9.17) is 9.47 Å². The molecule has 25 heavy (non-hydrogen) atoms. The van der Waals surface area contributed by atoms with Gasteiger partial charge >= 0.3 is 0 Å². The molecular weight excluding hydrogens is 389 g/mol. The van der Waals surface area contributed by atoms with E-state index in [-0.39, 0.29) is 24.1 Å². The van der Waals surface area contributed by atoms with Gasteiger partial charge in [0.25, 0.3) is 5.91 Å². The smallest absolute Gasteiger partial charge is 0.252 e. The van der Waals surface area contributed by atoms with Crippen LogP contribution in [0, 0.1) is 5.82 Å². The predicted molar refractivity (Wildman–Crippen MR) is 96.7 cm³/mol. The third-order valence-corrected chi connectivity index (χ3v) is 4.68. The van der Waals surface area contributed by atoms with Crippen molar-refractivity contribution < 1.29 is 18.7 Å². The summed E-state index contributed by atoms with van der Waals surface area (Å²) in [6.07, 6.45) is 0.982. The van der Waals surface area contributed by atoms with Gasteiger partial charge in [-0.05, 0) is 60.1 Å². The van der Waals surface area contributed by atoms with Gasteiger partial charge in [-0.15, -0.1) is 0 Å². The van der Waals surface area contributed by atoms with Crippen molar-refractivity contribution in [1.82, 2.24) is 5.32 Å². The molecule has 3 rings (SSSR count). The summed E-state index contributed by atoms with van der Waals surface area (Å²) < 4.78 is 25.4. The summed E-state index contributed by atoms with van der Waals surface area (Å²) in [5.41, 5.74) is 2.19. The molecule has 1 aliphatic rings. The van der Waals surface area contributed by atoms with Crippen LogP contribution in [0.25, 0.3) is 0 Å². The largest absolute Gasteiger partial charge is 0.494 e. The summed E-state index contributed by atoms with van der Waals surface area (Å²) >= 11 is 3.27. The number of carbonyl (C=O) groups excluding carboxylic acids is 1. The zero-order valence-electron chi connectivity index (χ0n) is 14.1. The highest BCUT2D eigenvalue weighted by Crippen LogP contribution is 2.35. The summed E-state index contributed by atoms with van der Waals surface area (Å²) in [7, 11) is 0. The van der Waals surface area contributed by atoms with Crippen LogP contribution in [0.5, 0.6) is 11.5 Å². The number of hydrogen-bond acceptors (Lipinski definition) is 3. The number of amides is 1. The first-order valence-electron chi connectivity index (χ1n) is 8.16. The van der Waals surface area contributed by atoms with Gasteiger partial charge in [-0.1, -0.05) is 0 Å². The minimum absolute atomic E-state index is 0.137. The molecular formula is C19H19BrFNO3. The molecule has 0 radical (unpaired) electrons. The quantitative estimate of drug-likeness (QED) is 0.805. The van der Waals surface area contributed by atoms with Crippen LogP contribution in [0.4, 0.5) is 4.39 Å². The molecule has 132 valence electrons. The topological polar surface area (TPSA) is 47.6 Å². The number of carbonyl (C=O) groups is 1. The molecule has 0 spiro atoms. The van der Waals surface area contributed by atoms with Crippen LogP contribution >= 0.6 is 15.9 Å². The molecule has 1 heterocycles. The Bertz CT molecular complexity index is 809. The van der Waals surface area contributed by atoms with Crippen LogP contribution in [-0.2, 0) is 13.0 Å². The Kier molecular flexibility index (Phi) is 5.27. The SMILES string of the molecule is CCOc1cc2c(cc1CNC(=O)c1cc(F)ccc1Br)O[C@@H](C)C2. The lowest BCUT2D eigenvalue weighted by molar-refractivity contribution is 0.0949. The van der Waals surface area contributed by atoms with E-state index in [0.717, 1.165) is 29.0 Å². The molecule has 1 aliphatic heterocycles. The molecule has 0 aromatic heterocycles. The highest BCUT2D eigenvalue weighted by Gasteiger charge is 2.22. The summed E-state index contributed by atoms with van der Waals surface area (Å²) in [4.78, 5) is 12.4. The maximum absolute atomic E-state index is 13.4. The number of nitrogens with one attached hydrogen (secondary N) is 1. The maximum atomic E-state index is 13.4. The van der Waals surface area contributed by atoms with Crippen molar-refractivity contribution in [3.05, 3.63) is 57.3 Å². The number of hydrogen-bond donors (Lipinski definition) is 1. The lowest BCUT2D eigenvalue weighted by Gasteiger charge is -2.14. The van der Waals surface area contributed by atoms with E-state index in [9.17, 15) is 9.18 Å². The minimum atomic E-state index is -0.455. The monoisotopic (exact) mass is 407 g/mol. The number of rotatable bonds is 5. The first kappa shape index (κ1) is 17.7. The Morgan fingerprint density at radius 3 is 2.96 bits per heavy atom. The molecule has 0 saturated carbocycles. The molecule has 2 aromatic rings. The van der Waals surface area contributed by atoms with Crippen LogP contribution in [0.2, 0.25) is 0 Å². The van der Waals surface area contributed by atoms with E-state index < -0.39 is 5.82 Å². The zero-order valence-corrected chi connectivity index (χ0v) is 15.7. The van der Waals surface area contributed by atoms with E-state index >= 15 is 0 Å². The zero-order chi connectivity index (χ0) is 18.0. The highest BCUT2D eigenvalue weighted by atomic mass is 79.9. The van der Waals surface area contributed by atoms with Gasteiger partial charge in [0.1, 0.15) is 23.4 Å². The molecule has 0 saturated heterocycles. The van der Waals surface area contributed by atoms with Crippen LogP contribution in [-0.4, -0.2) is 18.6 Å². The van der Waals surface area contributed by atoms with Gasteiger partial charge in [0, 0.05) is 28.6 Å². The molecule has 1 atom stereocenters. The van der Waals surface area contributed by atoms with Gasteiger partial charge in [0.05, 0.1) is 12.2 Å². The Morgan fingerprint density at radius 2 is 2.20 bits per heavy atom. The molecule has 0 bridgehead atoms. The second kappa shape index (κ2) is 7.44. The Labute approximate surface area is 154 Å². The molecule has 0 aliphatic carbocycles. The molecule has 4 nitrogen and oxygen atoms in total. The van der Waals surface area contributed by atoms with E-state index in [1.165, 1.54) is 18.2 Å². The lowest BCUT2D eigenvalue weighted by atomic mass is 10.1. The standard InChI is InChI=1S/C19H19BrFNO3/c1-3-24-17-7-12-6-11(2)25-18(12)8-13(17)10-22-19(23)15-9-14(21)4-5-16(15)20/h4-5,7-9,11H,3,6,10H2,1-2H3,(H,22,23)/t11-/m0/s1. The van der Waals surface area contributed by atoms with Crippen LogP contribution in [0.3, 0.4) is 0 Å². The molecule has 2 aromatic carbocycles. The summed E-state index contributed by atoms with van der Waals surface area (Å²) in [5, 5.41) is 2.81. The first-order valence-corrected chi connectivity index (χ1v) is 8.95. The summed E-state index contributed by atoms with van der Waals surface area (Å²) in [6.45, 7) is 4.73. The molecule has 0 unspecified atom stereocenters. The third-order valence-electron chi connectivity index (χ3n) is 3.99. The van der Waals surface area contributed by atoms with Gasteiger partial charge in [-0.25, -0.2) is 4.39 Å². The third kappa shape index (κ3) is 3.95. The highest BCUT2D eigenvalue weighted by molar-refractivity contribution is 9.10. The Balaban J connectivity index is 1.79. The van der Waals surface area contributed by atoms with Gasteiger partial charge in [0.15, 0.2) is 0 Å². The average Bonchev–Trinajstić information content (AvgIpc) is 2.93. The van der Waals surface area contributed by atoms with Gasteiger partial charge < -0.3 is 14.8 Å². The molecule has 6 heteroatoms. The van der Waals surface area contributed by atoms with Crippen LogP contribution < -0.4 is 14.8 Å². The molecule has 1 amide bonds. The van der Waals surface area contributed by atoms with Crippen LogP contribution in [0.15, 0.2) is 34.8 Å². The number of halogens is 2. The first-order chi connectivity index (χ1) is 12.0. The Hall–Kier alpha value is -2.08. The molecule has 0 fully saturated rings. The Morgan fingerprint density at radius 1 is 1.40 bits per heavy atom. The van der Waals surface area contributed by atoms with Crippen molar-refractivity contribution in [1.29, 1.82) is 0 Å². The van der Waals surface area contributed by atoms with Crippen LogP contribution in [0.1, 0.15) is 35.3 Å². The van der Waals surface area contributed by atoms with Gasteiger partial charge in [-0.2, -0.15) is 0 Å². The normalized spacial score (nSPS) is 15.4. The number of fused-ring (bicyclic) bond motifs is 1. The summed E-state index contributed by atoms with van der Waals surface area (Å²) in [5.74, 6) is 0.747. The second-order valence-electron chi connectivity index (χ2n) is 5.94. The number of ether oxygens (including phenoxy) is 2. The average molecular weight is 408 g/mol. The lowest BCUT2D eigenvalue weighted by Crippen LogP contribution is -2.23. The van der Waals surface area contributed by atoms with E-state index in [1.54, 1.807) is 0 Å². The van der Waals surface area contributed by atoms with Gasteiger partial charge in [-0.3, -0.25) is 4.79 Å². The van der Waals surface area contributed by atoms with Crippen molar-refractivity contribution in [2.75, 3.05) is 6.61 Å². The summed E-state index contributed by atoms with van der Waals surface area (Å²) in [6, 6.07) is 7.90. The fraction of sp³-hybridized carbons (Fsp3) is 0.316. The second-order valence-corrected chi connectivity index (χ2v) is 6.79. The van der Waals surface area contributed by atoms with Gasteiger partial charge in [0.2, 0.25) is 0 Å². The fourth-order valence-corrected chi connectivity index (χ4v) is 3.28. The predicted octanol–water partition coefficient (Wildman–Crippen LogP) is 4.24. The molecule has 1 N–H and O–H groups in total. The van der Waals surface area contributed by atoms with E-state index in [0.29, 0.717) is 11.1 Å². The minimum Gasteiger partial charge on any atom is -0.494 e. The maximum Gasteiger partial charge on any atom is 0.252 e. The van der Waals surface area contributed by atoms with Crippen molar-refractivity contribution in [2.45, 2.75) is 32.9 Å². The number of benzene rings is 2. The van der Waals surface area contributed by atoms with Crippen molar-refractivity contribution in [3.63, 3.8) is 0 Å². The van der Waals surface area contributed by atoms with Crippen molar-refractivity contribution in [3.8, 4) is 11.5 Å².